The topological polar surface area (TPSA) is 41.1 Å². The first kappa shape index (κ1) is 22.8. The first-order valence-electron chi connectivity index (χ1n) is 9.59. The van der Waals surface area contributed by atoms with Crippen molar-refractivity contribution in [2.45, 2.75) is 16.8 Å². The summed E-state index contributed by atoms with van der Waals surface area (Å²) in [6, 6.07) is 15.1. The van der Waals surface area contributed by atoms with Crippen LogP contribution in [0.2, 0.25) is 5.02 Å². The monoisotopic (exact) mass is 498 g/mol. The van der Waals surface area contributed by atoms with E-state index in [1.54, 1.807) is 24.3 Å². The van der Waals surface area contributed by atoms with Crippen molar-refractivity contribution in [3.8, 4) is 0 Å². The molecule has 1 amide bonds. The van der Waals surface area contributed by atoms with E-state index in [1.807, 2.05) is 6.07 Å². The smallest absolute Gasteiger partial charge is 0.231 e. The quantitative estimate of drug-likeness (QED) is 0.362. The first-order chi connectivity index (χ1) is 15.2. The molecule has 3 aromatic carbocycles. The molecule has 166 valence electrons. The number of alkyl halides is 2. The normalized spacial score (nSPS) is 18.8. The number of para-hydroxylation sites is 1. The van der Waals surface area contributed by atoms with Gasteiger partial charge < -0.3 is 10.6 Å². The van der Waals surface area contributed by atoms with Crippen LogP contribution in [0.25, 0.3) is 0 Å². The maximum atomic E-state index is 15.0. The number of halogens is 6. The summed E-state index contributed by atoms with van der Waals surface area (Å²) in [6.07, 6.45) is 0. The summed E-state index contributed by atoms with van der Waals surface area (Å²) in [4.78, 5) is 12.8. The molecular weight excluding hydrogens is 484 g/mol. The Labute approximate surface area is 197 Å². The molecule has 1 aliphatic carbocycles. The number of carbonyl (C=O) groups excluding carboxylic acids is 1. The maximum Gasteiger partial charge on any atom is 0.231 e. The van der Waals surface area contributed by atoms with E-state index in [1.165, 1.54) is 12.1 Å². The molecule has 0 heterocycles. The molecule has 32 heavy (non-hydrogen) atoms. The van der Waals surface area contributed by atoms with E-state index in [0.717, 1.165) is 18.2 Å². The number of nitrogens with one attached hydrogen (secondary N) is 2. The molecule has 1 aliphatic rings. The number of hydrogen-bond donors (Lipinski definition) is 2. The van der Waals surface area contributed by atoms with Gasteiger partial charge in [-0.1, -0.05) is 35.9 Å². The van der Waals surface area contributed by atoms with Crippen molar-refractivity contribution in [2.24, 2.45) is 5.92 Å². The third kappa shape index (κ3) is 4.40. The Morgan fingerprint density at radius 2 is 1.66 bits per heavy atom. The van der Waals surface area contributed by atoms with Gasteiger partial charge in [0.25, 0.3) is 0 Å². The first-order valence-corrected chi connectivity index (χ1v) is 10.7. The van der Waals surface area contributed by atoms with Crippen molar-refractivity contribution in [3.05, 3.63) is 94.3 Å². The zero-order valence-electron chi connectivity index (χ0n) is 16.3. The van der Waals surface area contributed by atoms with Crippen molar-refractivity contribution in [3.63, 3.8) is 0 Å². The summed E-state index contributed by atoms with van der Waals surface area (Å²) in [6.45, 7) is -0.125. The predicted octanol–water partition coefficient (Wildman–Crippen LogP) is 6.90. The van der Waals surface area contributed by atoms with Crippen molar-refractivity contribution >= 4 is 52.1 Å². The highest BCUT2D eigenvalue weighted by atomic mass is 35.5. The zero-order chi connectivity index (χ0) is 23.0. The number of rotatable bonds is 6. The fourth-order valence-corrected chi connectivity index (χ4v) is 4.60. The van der Waals surface area contributed by atoms with E-state index in [-0.39, 0.29) is 22.8 Å². The number of hydrogen-bond acceptors (Lipinski definition) is 2. The third-order valence-electron chi connectivity index (χ3n) is 5.33. The van der Waals surface area contributed by atoms with Gasteiger partial charge in [0.15, 0.2) is 5.82 Å². The summed E-state index contributed by atoms with van der Waals surface area (Å²) in [5.74, 6) is -4.50. The molecule has 0 spiro atoms. The van der Waals surface area contributed by atoms with Crippen LogP contribution in [0.4, 0.5) is 24.5 Å². The largest absolute Gasteiger partial charge is 0.381 e. The number of amides is 1. The van der Waals surface area contributed by atoms with Crippen LogP contribution in [-0.2, 0) is 11.3 Å². The van der Waals surface area contributed by atoms with Gasteiger partial charge in [-0.25, -0.2) is 13.2 Å². The van der Waals surface area contributed by atoms with Gasteiger partial charge >= 0.3 is 0 Å². The van der Waals surface area contributed by atoms with E-state index in [0.29, 0.717) is 11.3 Å². The molecule has 1 fully saturated rings. The van der Waals surface area contributed by atoms with Crippen LogP contribution in [0.15, 0.2) is 60.7 Å². The van der Waals surface area contributed by atoms with Gasteiger partial charge in [-0.15, -0.1) is 23.2 Å². The van der Waals surface area contributed by atoms with Crippen LogP contribution in [0.5, 0.6) is 0 Å². The Hall–Kier alpha value is -2.41. The minimum atomic E-state index is -1.47. The lowest BCUT2D eigenvalue weighted by Gasteiger charge is -2.12. The average molecular weight is 500 g/mol. The molecular formula is C23H16Cl3F3N2O. The molecule has 9 heteroatoms. The molecule has 3 aromatic rings. The van der Waals surface area contributed by atoms with Crippen molar-refractivity contribution in [2.75, 3.05) is 10.6 Å². The van der Waals surface area contributed by atoms with Gasteiger partial charge in [0.2, 0.25) is 5.91 Å². The number of carbonyl (C=O) groups is 1. The Morgan fingerprint density at radius 3 is 2.34 bits per heavy atom. The Morgan fingerprint density at radius 1 is 0.969 bits per heavy atom. The van der Waals surface area contributed by atoms with Crippen LogP contribution in [-0.4, -0.2) is 10.2 Å². The number of anilines is 2. The second kappa shape index (κ2) is 8.85. The molecule has 1 saturated carbocycles. The molecule has 0 unspecified atom stereocenters. The summed E-state index contributed by atoms with van der Waals surface area (Å²) in [7, 11) is 0. The van der Waals surface area contributed by atoms with Gasteiger partial charge in [0.05, 0.1) is 16.6 Å². The highest BCUT2D eigenvalue weighted by Gasteiger charge is 2.67. The second-order valence-corrected chi connectivity index (χ2v) is 9.25. The van der Waals surface area contributed by atoms with Gasteiger partial charge in [-0.05, 0) is 42.0 Å². The fourth-order valence-electron chi connectivity index (χ4n) is 3.59. The molecule has 0 aliphatic heterocycles. The fraction of sp³-hybridized carbons (Fsp3) is 0.174. The zero-order valence-corrected chi connectivity index (χ0v) is 18.6. The van der Waals surface area contributed by atoms with Gasteiger partial charge in [-0.2, -0.15) is 0 Å². The third-order valence-corrected chi connectivity index (χ3v) is 6.56. The van der Waals surface area contributed by atoms with Crippen molar-refractivity contribution < 1.29 is 18.0 Å². The van der Waals surface area contributed by atoms with E-state index in [4.69, 9.17) is 34.8 Å². The van der Waals surface area contributed by atoms with Crippen molar-refractivity contribution in [1.29, 1.82) is 0 Å². The molecule has 2 atom stereocenters. The van der Waals surface area contributed by atoms with Crippen LogP contribution >= 0.6 is 34.8 Å². The standard InChI is InChI=1S/C23H16Cl3F3N2O/c24-15-10-12(6-7-17(15)28)19-20(23(19,25)26)22(32)31-18-9-8-16(27)14(21(18)29)11-30-13-4-2-1-3-5-13/h1-10,19-20,30H,11H2,(H,31,32)/t19-,20+/m0/s1. The molecule has 0 radical (unpaired) electrons. The minimum absolute atomic E-state index is 0.125. The molecule has 0 bridgehead atoms. The highest BCUT2D eigenvalue weighted by Crippen LogP contribution is 2.65. The lowest BCUT2D eigenvalue weighted by molar-refractivity contribution is -0.117. The van der Waals surface area contributed by atoms with Gasteiger partial charge in [0.1, 0.15) is 16.0 Å². The molecule has 2 N–H and O–H groups in total. The lowest BCUT2D eigenvalue weighted by atomic mass is 10.1. The molecule has 4 rings (SSSR count). The van der Waals surface area contributed by atoms with E-state index < -0.39 is 39.5 Å². The van der Waals surface area contributed by atoms with Crippen LogP contribution in [0, 0.1) is 23.4 Å². The summed E-state index contributed by atoms with van der Waals surface area (Å²) < 4.78 is 41.2. The Bertz CT molecular complexity index is 1170. The van der Waals surface area contributed by atoms with Gasteiger partial charge in [0, 0.05) is 23.7 Å². The SMILES string of the molecule is O=C(Nc1ccc(F)c(CNc2ccccc2)c1F)[C@H]1[C@H](c2ccc(F)c(Cl)c2)C1(Cl)Cl. The van der Waals surface area contributed by atoms with E-state index in [2.05, 4.69) is 10.6 Å². The average Bonchev–Trinajstić information content (AvgIpc) is 3.34. The van der Waals surface area contributed by atoms with Crippen molar-refractivity contribution in [1.82, 2.24) is 0 Å². The Balaban J connectivity index is 1.51. The van der Waals surface area contributed by atoms with Gasteiger partial charge in [-0.3, -0.25) is 4.79 Å². The summed E-state index contributed by atoms with van der Waals surface area (Å²) in [5.41, 5.74) is 0.739. The van der Waals surface area contributed by atoms with E-state index in [9.17, 15) is 18.0 Å². The van der Waals surface area contributed by atoms with Crippen LogP contribution in [0.1, 0.15) is 17.0 Å². The maximum absolute atomic E-state index is 15.0. The van der Waals surface area contributed by atoms with E-state index >= 15 is 0 Å². The van der Waals surface area contributed by atoms with Crippen LogP contribution in [0.3, 0.4) is 0 Å². The van der Waals surface area contributed by atoms with Crippen LogP contribution < -0.4 is 10.6 Å². The molecule has 0 aromatic heterocycles. The minimum Gasteiger partial charge on any atom is -0.381 e. The summed E-state index contributed by atoms with van der Waals surface area (Å²) >= 11 is 18.4. The highest BCUT2D eigenvalue weighted by molar-refractivity contribution is 6.53. The lowest BCUT2D eigenvalue weighted by Crippen LogP contribution is -2.19. The summed E-state index contributed by atoms with van der Waals surface area (Å²) in [5, 5.41) is 5.24. The Kier molecular flexibility index (Phi) is 6.30. The molecule has 0 saturated heterocycles. The predicted molar refractivity (Wildman–Crippen MR) is 121 cm³/mol. The number of benzene rings is 3. The molecule has 3 nitrogen and oxygen atoms in total. The second-order valence-electron chi connectivity index (χ2n) is 7.40.